The summed E-state index contributed by atoms with van der Waals surface area (Å²) in [6, 6.07) is 3.91. The topological polar surface area (TPSA) is 59.0 Å². The van der Waals surface area contributed by atoms with Crippen LogP contribution in [-0.2, 0) is 4.79 Å². The van der Waals surface area contributed by atoms with Gasteiger partial charge in [-0.2, -0.15) is 0 Å². The predicted molar refractivity (Wildman–Crippen MR) is 101 cm³/mol. The summed E-state index contributed by atoms with van der Waals surface area (Å²) in [5.74, 6) is 1.68. The van der Waals surface area contributed by atoms with Gasteiger partial charge in [-0.25, -0.2) is 15.0 Å². The summed E-state index contributed by atoms with van der Waals surface area (Å²) >= 11 is 0. The standard InChI is InChI=1S/C21H22N4O/c1-13-5-8-19(24-10-13)25-18-9-15(16-11-22-14(2)23-12-16)6-7-17(18)21(3,4)20(25)26/h5-6,8-12,17H,7H2,1-4H3. The van der Waals surface area contributed by atoms with Crippen molar-refractivity contribution in [2.45, 2.75) is 34.1 Å². The Kier molecular flexibility index (Phi) is 3.75. The third-order valence-electron chi connectivity index (χ3n) is 5.36. The molecule has 0 N–H and O–H groups in total. The number of nitrogens with zero attached hydrogens (tertiary/aromatic N) is 4. The summed E-state index contributed by atoms with van der Waals surface area (Å²) in [6.07, 6.45) is 10.6. The SMILES string of the molecule is Cc1ccc(N2C(=O)C(C)(C)C3CC=C(c4cnc(C)nc4)C=C32)nc1. The van der Waals surface area contributed by atoms with Gasteiger partial charge in [0.25, 0.3) is 0 Å². The Hall–Kier alpha value is -2.82. The van der Waals surface area contributed by atoms with Crippen LogP contribution in [0.25, 0.3) is 5.57 Å². The van der Waals surface area contributed by atoms with E-state index >= 15 is 0 Å². The lowest BCUT2D eigenvalue weighted by molar-refractivity contribution is -0.125. The Morgan fingerprint density at radius 1 is 1.08 bits per heavy atom. The zero-order valence-corrected chi connectivity index (χ0v) is 15.5. The van der Waals surface area contributed by atoms with Gasteiger partial charge in [0.15, 0.2) is 0 Å². The molecule has 0 spiro atoms. The van der Waals surface area contributed by atoms with Gasteiger partial charge in [-0.3, -0.25) is 9.69 Å². The van der Waals surface area contributed by atoms with Crippen molar-refractivity contribution in [1.29, 1.82) is 0 Å². The molecule has 0 aromatic carbocycles. The van der Waals surface area contributed by atoms with Crippen molar-refractivity contribution in [3.63, 3.8) is 0 Å². The zero-order valence-electron chi connectivity index (χ0n) is 15.5. The van der Waals surface area contributed by atoms with Crippen LogP contribution in [0.3, 0.4) is 0 Å². The van der Waals surface area contributed by atoms with Gasteiger partial charge < -0.3 is 0 Å². The molecule has 0 bridgehead atoms. The van der Waals surface area contributed by atoms with Crippen molar-refractivity contribution >= 4 is 17.3 Å². The second kappa shape index (κ2) is 5.87. The van der Waals surface area contributed by atoms with Gasteiger partial charge in [0, 0.05) is 35.8 Å². The highest BCUT2D eigenvalue weighted by molar-refractivity contribution is 6.04. The maximum atomic E-state index is 13.2. The molecule has 5 heteroatoms. The molecule has 2 aromatic rings. The van der Waals surface area contributed by atoms with Crippen molar-refractivity contribution in [2.75, 3.05) is 4.90 Å². The van der Waals surface area contributed by atoms with Crippen molar-refractivity contribution in [1.82, 2.24) is 15.0 Å². The first-order valence-electron chi connectivity index (χ1n) is 8.86. The van der Waals surface area contributed by atoms with Crippen LogP contribution in [0.4, 0.5) is 5.82 Å². The average molecular weight is 346 g/mol. The van der Waals surface area contributed by atoms with E-state index in [0.717, 1.165) is 34.6 Å². The van der Waals surface area contributed by atoms with Crippen molar-refractivity contribution in [3.8, 4) is 0 Å². The van der Waals surface area contributed by atoms with Crippen molar-refractivity contribution in [3.05, 3.63) is 65.5 Å². The van der Waals surface area contributed by atoms with E-state index in [1.54, 1.807) is 11.1 Å². The first-order chi connectivity index (χ1) is 12.4. The van der Waals surface area contributed by atoms with Crippen molar-refractivity contribution in [2.24, 2.45) is 11.3 Å². The first kappa shape index (κ1) is 16.6. The second-order valence-corrected chi connectivity index (χ2v) is 7.59. The van der Waals surface area contributed by atoms with Crippen molar-refractivity contribution < 1.29 is 4.79 Å². The minimum atomic E-state index is -0.454. The zero-order chi connectivity index (χ0) is 18.5. The minimum absolute atomic E-state index is 0.0971. The fourth-order valence-corrected chi connectivity index (χ4v) is 3.70. The second-order valence-electron chi connectivity index (χ2n) is 7.59. The molecule has 1 aliphatic carbocycles. The van der Waals surface area contributed by atoms with Gasteiger partial charge in [0.1, 0.15) is 11.6 Å². The van der Waals surface area contributed by atoms with E-state index in [0.29, 0.717) is 5.82 Å². The highest BCUT2D eigenvalue weighted by Gasteiger charge is 2.51. The van der Waals surface area contributed by atoms with Crippen LogP contribution in [0.2, 0.25) is 0 Å². The van der Waals surface area contributed by atoms with Crippen LogP contribution < -0.4 is 4.90 Å². The molecule has 1 atom stereocenters. The molecule has 2 aliphatic rings. The van der Waals surface area contributed by atoms with Gasteiger partial charge in [-0.05, 0) is 43.5 Å². The molecular weight excluding hydrogens is 324 g/mol. The molecule has 1 fully saturated rings. The molecule has 4 rings (SSSR count). The van der Waals surface area contributed by atoms with E-state index in [-0.39, 0.29) is 11.8 Å². The Labute approximate surface area is 153 Å². The smallest absolute Gasteiger partial charge is 0.238 e. The van der Waals surface area contributed by atoms with E-state index in [1.807, 2.05) is 52.2 Å². The monoisotopic (exact) mass is 346 g/mol. The van der Waals surface area contributed by atoms with Crippen LogP contribution in [0, 0.1) is 25.2 Å². The van der Waals surface area contributed by atoms with Crippen LogP contribution in [0.5, 0.6) is 0 Å². The Bertz CT molecular complexity index is 923. The van der Waals surface area contributed by atoms with E-state index in [2.05, 4.69) is 27.1 Å². The molecular formula is C21H22N4O. The number of fused-ring (bicyclic) bond motifs is 1. The minimum Gasteiger partial charge on any atom is -0.273 e. The molecule has 1 amide bonds. The van der Waals surface area contributed by atoms with E-state index in [9.17, 15) is 4.79 Å². The third-order valence-corrected chi connectivity index (χ3v) is 5.36. The summed E-state index contributed by atoms with van der Waals surface area (Å²) in [4.78, 5) is 28.0. The van der Waals surface area contributed by atoms with Crippen LogP contribution >= 0.6 is 0 Å². The maximum Gasteiger partial charge on any atom is 0.238 e. The first-order valence-corrected chi connectivity index (χ1v) is 8.86. The van der Waals surface area contributed by atoms with Gasteiger partial charge in [-0.1, -0.05) is 26.0 Å². The van der Waals surface area contributed by atoms with Gasteiger partial charge >= 0.3 is 0 Å². The highest BCUT2D eigenvalue weighted by Crippen LogP contribution is 2.50. The summed E-state index contributed by atoms with van der Waals surface area (Å²) in [5.41, 5.74) is 3.65. The molecule has 1 aliphatic heterocycles. The number of aryl methyl sites for hydroxylation is 2. The van der Waals surface area contributed by atoms with Crippen LogP contribution in [0.1, 0.15) is 37.2 Å². The Balaban J connectivity index is 1.79. The third kappa shape index (κ3) is 2.55. The van der Waals surface area contributed by atoms with Gasteiger partial charge in [0.2, 0.25) is 5.91 Å². The lowest BCUT2D eigenvalue weighted by atomic mass is 9.75. The highest BCUT2D eigenvalue weighted by atomic mass is 16.2. The number of carbonyl (C=O) groups is 1. The number of anilines is 1. The van der Waals surface area contributed by atoms with Crippen LogP contribution in [0.15, 0.2) is 48.6 Å². The molecule has 132 valence electrons. The number of aromatic nitrogens is 3. The molecule has 5 nitrogen and oxygen atoms in total. The fourth-order valence-electron chi connectivity index (χ4n) is 3.70. The number of hydrogen-bond donors (Lipinski definition) is 0. The lowest BCUT2D eigenvalue weighted by Gasteiger charge is -2.25. The Morgan fingerprint density at radius 2 is 1.81 bits per heavy atom. The molecule has 26 heavy (non-hydrogen) atoms. The lowest BCUT2D eigenvalue weighted by Crippen LogP contribution is -2.31. The Morgan fingerprint density at radius 3 is 2.46 bits per heavy atom. The average Bonchev–Trinajstić information content (AvgIpc) is 2.83. The molecule has 2 aromatic heterocycles. The maximum absolute atomic E-state index is 13.2. The molecule has 0 saturated carbocycles. The summed E-state index contributed by atoms with van der Waals surface area (Å²) < 4.78 is 0. The number of amides is 1. The molecule has 0 radical (unpaired) electrons. The molecule has 3 heterocycles. The van der Waals surface area contributed by atoms with Gasteiger partial charge in [0.05, 0.1) is 5.41 Å². The quantitative estimate of drug-likeness (QED) is 0.829. The predicted octanol–water partition coefficient (Wildman–Crippen LogP) is 3.85. The van der Waals surface area contributed by atoms with E-state index in [1.165, 1.54) is 0 Å². The number of allylic oxidation sites excluding steroid dienone is 4. The number of pyridine rings is 1. The number of rotatable bonds is 2. The fraction of sp³-hybridized carbons (Fsp3) is 0.333. The molecule has 1 unspecified atom stereocenters. The van der Waals surface area contributed by atoms with Crippen LogP contribution in [-0.4, -0.2) is 20.9 Å². The van der Waals surface area contributed by atoms with E-state index < -0.39 is 5.41 Å². The summed E-state index contributed by atoms with van der Waals surface area (Å²) in [5, 5.41) is 0. The van der Waals surface area contributed by atoms with E-state index in [4.69, 9.17) is 0 Å². The number of hydrogen-bond acceptors (Lipinski definition) is 4. The largest absolute Gasteiger partial charge is 0.273 e. The van der Waals surface area contributed by atoms with Gasteiger partial charge in [-0.15, -0.1) is 0 Å². The summed E-state index contributed by atoms with van der Waals surface area (Å²) in [7, 11) is 0. The molecule has 1 saturated heterocycles. The summed E-state index contributed by atoms with van der Waals surface area (Å²) in [6.45, 7) is 7.91. The normalized spacial score (nSPS) is 21.3. The number of carbonyl (C=O) groups excluding carboxylic acids is 1.